The van der Waals surface area contributed by atoms with Gasteiger partial charge in [0.05, 0.1) is 62.6 Å². The van der Waals surface area contributed by atoms with Gasteiger partial charge in [0.25, 0.3) is 0 Å². The second-order valence-electron chi connectivity index (χ2n) is 18.0. The smallest absolute Gasteiger partial charge is 0.335 e. The number of nitrogens with zero attached hydrogens (tertiary/aromatic N) is 2. The maximum Gasteiger partial charge on any atom is 0.335 e. The van der Waals surface area contributed by atoms with Crippen molar-refractivity contribution < 1.29 is 69.0 Å². The summed E-state index contributed by atoms with van der Waals surface area (Å²) in [6.07, 6.45) is -6.50. The SMILES string of the molecule is C[C@@H]1O[C@@H](O[C@H]2CC[C@]3(/C=N/N4CCOCC4)[C@H]4CC[C@]5(C)[C@@H](c6ccc(=O)oc6)CC[C@]5(O)[C@@H]4CC[C@]3(O)C2)[C@H](O)[C@H](O)[C@H]1O[C@@H]1O[C@H](CO)[C@@H](O)[C@H](O)[C@H]1O. The van der Waals surface area contributed by atoms with Crippen LogP contribution in [0.25, 0.3) is 0 Å². The van der Waals surface area contributed by atoms with Crippen LogP contribution in [0, 0.1) is 22.7 Å². The predicted molar refractivity (Wildman–Crippen MR) is 197 cm³/mol. The Labute approximate surface area is 331 Å². The zero-order chi connectivity index (χ0) is 40.5. The van der Waals surface area contributed by atoms with Crippen LogP contribution in [-0.4, -0.2) is 164 Å². The molecule has 4 saturated carbocycles. The van der Waals surface area contributed by atoms with E-state index in [4.69, 9.17) is 33.2 Å². The number of ether oxygens (including phenoxy) is 5. The number of fused-ring (bicyclic) bond motifs is 5. The second-order valence-corrected chi connectivity index (χ2v) is 18.0. The normalized spacial score (nSPS) is 50.3. The number of morpholine rings is 1. The van der Waals surface area contributed by atoms with E-state index in [1.165, 1.54) is 12.3 Å². The highest BCUT2D eigenvalue weighted by atomic mass is 16.7. The molecule has 17 nitrogen and oxygen atoms in total. The van der Waals surface area contributed by atoms with E-state index in [1.54, 1.807) is 6.92 Å². The third-order valence-electron chi connectivity index (χ3n) is 15.3. The van der Waals surface area contributed by atoms with Crippen LogP contribution in [0.1, 0.15) is 83.1 Å². The topological polar surface area (TPSA) is 254 Å². The van der Waals surface area contributed by atoms with Gasteiger partial charge in [-0.3, -0.25) is 5.01 Å². The van der Waals surface area contributed by atoms with Crippen LogP contribution in [0.5, 0.6) is 0 Å². The quantitative estimate of drug-likeness (QED) is 0.120. The average Bonchev–Trinajstić information content (AvgIpc) is 3.48. The van der Waals surface area contributed by atoms with Crippen molar-refractivity contribution in [2.24, 2.45) is 27.8 Å². The molecule has 3 aliphatic heterocycles. The van der Waals surface area contributed by atoms with E-state index in [2.05, 4.69) is 6.92 Å². The molecular weight excluding hydrogens is 748 g/mol. The molecule has 7 fully saturated rings. The van der Waals surface area contributed by atoms with Crippen molar-refractivity contribution in [3.63, 3.8) is 0 Å². The first-order valence-corrected chi connectivity index (χ1v) is 20.7. The summed E-state index contributed by atoms with van der Waals surface area (Å²) in [5.74, 6) is -0.199. The zero-order valence-corrected chi connectivity index (χ0v) is 32.6. The van der Waals surface area contributed by atoms with Gasteiger partial charge in [0.15, 0.2) is 12.6 Å². The Morgan fingerprint density at radius 2 is 1.58 bits per heavy atom. The molecule has 0 radical (unpaired) electrons. The van der Waals surface area contributed by atoms with Gasteiger partial charge in [0, 0.05) is 29.5 Å². The largest absolute Gasteiger partial charge is 0.431 e. The molecule has 0 bridgehead atoms. The Kier molecular flexibility index (Phi) is 11.5. The number of hydrogen-bond acceptors (Lipinski definition) is 17. The van der Waals surface area contributed by atoms with E-state index < -0.39 is 102 Å². The Morgan fingerprint density at radius 1 is 0.860 bits per heavy atom. The molecule has 3 saturated heterocycles. The Hall–Kier alpha value is -2.10. The Balaban J connectivity index is 1.00. The number of hydrazone groups is 1. The first-order valence-electron chi connectivity index (χ1n) is 20.7. The molecule has 8 rings (SSSR count). The lowest BCUT2D eigenvalue weighted by molar-refractivity contribution is -0.361. The lowest BCUT2D eigenvalue weighted by atomic mass is 9.41. The number of aliphatic hydroxyl groups excluding tert-OH is 6. The van der Waals surface area contributed by atoms with Gasteiger partial charge in [0.2, 0.25) is 0 Å². The van der Waals surface area contributed by atoms with Crippen LogP contribution >= 0.6 is 0 Å². The highest BCUT2D eigenvalue weighted by Crippen LogP contribution is 2.71. The summed E-state index contributed by atoms with van der Waals surface area (Å²) in [6, 6.07) is 3.26. The zero-order valence-electron chi connectivity index (χ0n) is 32.6. The minimum Gasteiger partial charge on any atom is -0.431 e. The first-order chi connectivity index (χ1) is 27.1. The van der Waals surface area contributed by atoms with Crippen LogP contribution in [-0.2, 0) is 23.7 Å². The van der Waals surface area contributed by atoms with Crippen molar-refractivity contribution in [2.45, 2.75) is 156 Å². The van der Waals surface area contributed by atoms with Crippen molar-refractivity contribution in [1.29, 1.82) is 0 Å². The van der Waals surface area contributed by atoms with Crippen LogP contribution in [0.3, 0.4) is 0 Å². The summed E-state index contributed by atoms with van der Waals surface area (Å²) in [7, 11) is 0. The molecular formula is C40H60N2O15. The molecule has 18 atom stereocenters. The summed E-state index contributed by atoms with van der Waals surface area (Å²) < 4.78 is 34.5. The fraction of sp³-hybridized carbons (Fsp3) is 0.850. The van der Waals surface area contributed by atoms with Gasteiger partial charge in [-0.25, -0.2) is 4.79 Å². The van der Waals surface area contributed by atoms with Crippen LogP contribution in [0.4, 0.5) is 0 Å². The van der Waals surface area contributed by atoms with Gasteiger partial charge in [-0.15, -0.1) is 0 Å². The lowest BCUT2D eigenvalue weighted by Gasteiger charge is -2.66. The van der Waals surface area contributed by atoms with Crippen LogP contribution in [0.2, 0.25) is 0 Å². The van der Waals surface area contributed by atoms with Crippen molar-refractivity contribution in [3.05, 3.63) is 34.4 Å². The van der Waals surface area contributed by atoms with Crippen molar-refractivity contribution >= 4 is 6.21 Å². The molecule has 17 heteroatoms. The summed E-state index contributed by atoms with van der Waals surface area (Å²) in [5.41, 5.74) is -3.07. The van der Waals surface area contributed by atoms with E-state index in [1.807, 2.05) is 17.3 Å². The summed E-state index contributed by atoms with van der Waals surface area (Å²) in [4.78, 5) is 11.8. The molecule has 8 N–H and O–H groups in total. The van der Waals surface area contributed by atoms with E-state index in [-0.39, 0.29) is 24.2 Å². The summed E-state index contributed by atoms with van der Waals surface area (Å²) >= 11 is 0. The minimum atomic E-state index is -1.71. The molecule has 0 unspecified atom stereocenters. The predicted octanol–water partition coefficient (Wildman–Crippen LogP) is -0.669. The molecule has 0 amide bonds. The average molecular weight is 809 g/mol. The molecule has 7 aliphatic rings. The Morgan fingerprint density at radius 3 is 2.30 bits per heavy atom. The standard InChI is InChI=1S/C40H60N2O15/c1-21-34(57-36-32(48)30(46)29(45)27(18-43)56-36)31(47)33(49)35(54-21)55-23-5-10-38(20-41-42-13-15-52-16-14-42)25-6-9-37(2)24(22-3-4-28(44)53-19-22)8-12-40(37,51)26(25)7-11-39(38,50)17-23/h3-4,19-21,23-27,29-36,43,45-51H,5-18H2,1-2H3/b41-20+/t21-,23-,24+,25-,26+,27+,29+,30-,31-,32+,33+,34-,35-,36-,37+,38-,39-,40-/m0/s1. The van der Waals surface area contributed by atoms with E-state index in [9.17, 15) is 45.6 Å². The maximum absolute atomic E-state index is 13.0. The minimum absolute atomic E-state index is 0.0117. The van der Waals surface area contributed by atoms with Crippen molar-refractivity contribution in [1.82, 2.24) is 5.01 Å². The monoisotopic (exact) mass is 808 g/mol. The Bertz CT molecular complexity index is 1640. The molecule has 1 aromatic heterocycles. The number of hydrogen-bond donors (Lipinski definition) is 8. The molecule has 320 valence electrons. The molecule has 0 aromatic carbocycles. The molecule has 4 heterocycles. The van der Waals surface area contributed by atoms with Gasteiger partial charge >= 0.3 is 5.63 Å². The van der Waals surface area contributed by atoms with Gasteiger partial charge in [-0.05, 0) is 87.7 Å². The molecule has 57 heavy (non-hydrogen) atoms. The van der Waals surface area contributed by atoms with Gasteiger partial charge in [-0.2, -0.15) is 5.10 Å². The molecule has 0 spiro atoms. The second kappa shape index (κ2) is 15.7. The van der Waals surface area contributed by atoms with E-state index in [0.29, 0.717) is 64.8 Å². The van der Waals surface area contributed by atoms with Crippen LogP contribution in [0.15, 0.2) is 32.7 Å². The van der Waals surface area contributed by atoms with Crippen molar-refractivity contribution in [2.75, 3.05) is 32.9 Å². The molecule has 1 aromatic rings. The van der Waals surface area contributed by atoms with E-state index in [0.717, 1.165) is 18.4 Å². The highest BCUT2D eigenvalue weighted by molar-refractivity contribution is 5.69. The summed E-state index contributed by atoms with van der Waals surface area (Å²) in [5, 5.41) is 95.8. The maximum atomic E-state index is 13.0. The fourth-order valence-corrected chi connectivity index (χ4v) is 12.1. The lowest BCUT2D eigenvalue weighted by Crippen LogP contribution is -2.69. The van der Waals surface area contributed by atoms with Crippen molar-refractivity contribution in [3.8, 4) is 0 Å². The summed E-state index contributed by atoms with van der Waals surface area (Å²) in [6.45, 7) is 5.45. The number of aliphatic hydroxyl groups is 8. The first kappa shape index (κ1) is 41.6. The van der Waals surface area contributed by atoms with E-state index >= 15 is 0 Å². The third kappa shape index (κ3) is 6.91. The molecule has 4 aliphatic carbocycles. The number of rotatable bonds is 8. The fourth-order valence-electron chi connectivity index (χ4n) is 12.1. The van der Waals surface area contributed by atoms with Gasteiger partial charge in [-0.1, -0.05) is 6.92 Å². The van der Waals surface area contributed by atoms with Crippen LogP contribution < -0.4 is 5.63 Å². The third-order valence-corrected chi connectivity index (χ3v) is 15.3. The van der Waals surface area contributed by atoms with Gasteiger partial charge < -0.3 is 69.0 Å². The van der Waals surface area contributed by atoms with Gasteiger partial charge in [0.1, 0.15) is 42.7 Å². The highest BCUT2D eigenvalue weighted by Gasteiger charge is 2.71.